The van der Waals surface area contributed by atoms with Gasteiger partial charge in [0, 0.05) is 24.1 Å². The van der Waals surface area contributed by atoms with E-state index in [9.17, 15) is 14.7 Å². The number of rotatable bonds is 3. The van der Waals surface area contributed by atoms with E-state index in [1.54, 1.807) is 13.0 Å². The average molecular weight is 285 g/mol. The summed E-state index contributed by atoms with van der Waals surface area (Å²) in [5, 5.41) is 13.7. The van der Waals surface area contributed by atoms with Gasteiger partial charge in [-0.3, -0.25) is 4.79 Å². The van der Waals surface area contributed by atoms with Crippen molar-refractivity contribution in [3.8, 4) is 0 Å². The van der Waals surface area contributed by atoms with Crippen LogP contribution in [0.2, 0.25) is 0 Å². The maximum Gasteiger partial charge on any atom is 0.257 e. The summed E-state index contributed by atoms with van der Waals surface area (Å²) >= 11 is 0. The van der Waals surface area contributed by atoms with Crippen molar-refractivity contribution < 1.29 is 14.7 Å². The van der Waals surface area contributed by atoms with Gasteiger partial charge >= 0.3 is 0 Å². The summed E-state index contributed by atoms with van der Waals surface area (Å²) < 4.78 is 1.93. The van der Waals surface area contributed by atoms with E-state index < -0.39 is 5.97 Å². The third kappa shape index (κ3) is 2.81. The second-order valence-electron chi connectivity index (χ2n) is 5.12. The van der Waals surface area contributed by atoms with Crippen molar-refractivity contribution >= 4 is 17.6 Å². The summed E-state index contributed by atoms with van der Waals surface area (Å²) in [6, 6.07) is 6.32. The highest BCUT2D eigenvalue weighted by Crippen LogP contribution is 2.20. The highest BCUT2D eigenvalue weighted by atomic mass is 16.4. The van der Waals surface area contributed by atoms with Gasteiger partial charge in [-0.15, -0.1) is 0 Å². The Kier molecular flexibility index (Phi) is 3.84. The third-order valence-electron chi connectivity index (χ3n) is 3.74. The first kappa shape index (κ1) is 14.8. The van der Waals surface area contributed by atoms with Crippen LogP contribution in [-0.4, -0.2) is 16.4 Å². The zero-order valence-corrected chi connectivity index (χ0v) is 12.5. The lowest BCUT2D eigenvalue weighted by Crippen LogP contribution is -2.22. The number of amides is 1. The molecule has 0 bridgehead atoms. The van der Waals surface area contributed by atoms with Gasteiger partial charge in [0.05, 0.1) is 11.5 Å². The fourth-order valence-electron chi connectivity index (χ4n) is 2.16. The van der Waals surface area contributed by atoms with E-state index in [0.29, 0.717) is 11.3 Å². The van der Waals surface area contributed by atoms with Crippen LogP contribution in [0.5, 0.6) is 0 Å². The smallest absolute Gasteiger partial charge is 0.257 e. The molecule has 0 saturated carbocycles. The minimum Gasteiger partial charge on any atom is -0.545 e. The zero-order valence-electron chi connectivity index (χ0n) is 12.5. The van der Waals surface area contributed by atoms with E-state index in [1.165, 1.54) is 12.1 Å². The van der Waals surface area contributed by atoms with E-state index in [1.807, 2.05) is 31.5 Å². The number of aryl methyl sites for hydroxylation is 2. The Morgan fingerprint density at radius 2 is 1.81 bits per heavy atom. The number of hydrogen-bond donors (Lipinski definition) is 1. The number of aromatic carboxylic acids is 1. The SMILES string of the molecule is Cc1ccc(C(=O)[O-])cc1NC(=O)c1cc(C)n(C)c1C. The van der Waals surface area contributed by atoms with Crippen LogP contribution in [0.1, 0.15) is 37.7 Å². The van der Waals surface area contributed by atoms with Gasteiger partial charge in [0.1, 0.15) is 0 Å². The molecule has 1 amide bonds. The molecule has 2 aromatic rings. The first-order chi connectivity index (χ1) is 9.81. The van der Waals surface area contributed by atoms with Gasteiger partial charge in [0.25, 0.3) is 5.91 Å². The summed E-state index contributed by atoms with van der Waals surface area (Å²) in [5.74, 6) is -1.52. The van der Waals surface area contributed by atoms with E-state index >= 15 is 0 Å². The van der Waals surface area contributed by atoms with Crippen LogP contribution in [0.4, 0.5) is 5.69 Å². The Bertz CT molecular complexity index is 729. The Morgan fingerprint density at radius 3 is 2.33 bits per heavy atom. The predicted molar refractivity (Wildman–Crippen MR) is 78.3 cm³/mol. The normalized spacial score (nSPS) is 10.5. The maximum atomic E-state index is 12.3. The molecule has 2 rings (SSSR count). The molecule has 0 unspecified atom stereocenters. The minimum absolute atomic E-state index is 0.0388. The molecular weight excluding hydrogens is 268 g/mol. The quantitative estimate of drug-likeness (QED) is 0.930. The summed E-state index contributed by atoms with van der Waals surface area (Å²) in [7, 11) is 1.89. The summed E-state index contributed by atoms with van der Waals surface area (Å²) in [4.78, 5) is 23.2. The molecule has 0 atom stereocenters. The van der Waals surface area contributed by atoms with Gasteiger partial charge in [-0.05, 0) is 44.0 Å². The highest BCUT2D eigenvalue weighted by Gasteiger charge is 2.15. The Hall–Kier alpha value is -2.56. The van der Waals surface area contributed by atoms with Crippen LogP contribution in [0.3, 0.4) is 0 Å². The van der Waals surface area contributed by atoms with E-state index in [-0.39, 0.29) is 11.5 Å². The number of nitrogens with one attached hydrogen (secondary N) is 1. The molecule has 0 aliphatic heterocycles. The van der Waals surface area contributed by atoms with Crippen LogP contribution in [-0.2, 0) is 7.05 Å². The lowest BCUT2D eigenvalue weighted by Gasteiger charge is -2.11. The van der Waals surface area contributed by atoms with Crippen LogP contribution >= 0.6 is 0 Å². The second-order valence-corrected chi connectivity index (χ2v) is 5.12. The molecule has 1 heterocycles. The van der Waals surface area contributed by atoms with Gasteiger partial charge in [-0.25, -0.2) is 0 Å². The van der Waals surface area contributed by atoms with Gasteiger partial charge in [0.15, 0.2) is 0 Å². The molecule has 0 aliphatic carbocycles. The molecule has 1 aromatic heterocycles. The lowest BCUT2D eigenvalue weighted by molar-refractivity contribution is -0.255. The van der Waals surface area contributed by atoms with Crippen molar-refractivity contribution in [3.05, 3.63) is 52.3 Å². The number of carbonyl (C=O) groups is 2. The topological polar surface area (TPSA) is 74.2 Å². The predicted octanol–water partition coefficient (Wildman–Crippen LogP) is 1.57. The second kappa shape index (κ2) is 5.44. The molecule has 1 aromatic carbocycles. The monoisotopic (exact) mass is 285 g/mol. The molecule has 0 spiro atoms. The maximum absolute atomic E-state index is 12.3. The summed E-state index contributed by atoms with van der Waals surface area (Å²) in [6.07, 6.45) is 0. The number of aromatic nitrogens is 1. The number of nitrogens with zero attached hydrogens (tertiary/aromatic N) is 1. The standard InChI is InChI=1S/C16H18N2O3/c1-9-5-6-12(16(20)21)8-14(9)17-15(19)13-7-10(2)18(4)11(13)3/h5-8H,1-4H3,(H,17,19)(H,20,21)/p-1. The van der Waals surface area contributed by atoms with Crippen molar-refractivity contribution in [3.63, 3.8) is 0 Å². The molecule has 0 fully saturated rings. The Labute approximate surface area is 123 Å². The van der Waals surface area contributed by atoms with Crippen LogP contribution < -0.4 is 10.4 Å². The molecule has 0 saturated heterocycles. The van der Waals surface area contributed by atoms with Crippen molar-refractivity contribution in [2.45, 2.75) is 20.8 Å². The van der Waals surface area contributed by atoms with Crippen molar-refractivity contribution in [2.75, 3.05) is 5.32 Å². The fraction of sp³-hybridized carbons (Fsp3) is 0.250. The first-order valence-electron chi connectivity index (χ1n) is 6.57. The van der Waals surface area contributed by atoms with Crippen LogP contribution in [0.15, 0.2) is 24.3 Å². The molecular formula is C16H17N2O3-. The molecule has 5 nitrogen and oxygen atoms in total. The highest BCUT2D eigenvalue weighted by molar-refractivity contribution is 6.06. The van der Waals surface area contributed by atoms with Crippen LogP contribution in [0, 0.1) is 20.8 Å². The zero-order chi connectivity index (χ0) is 15.7. The molecule has 5 heteroatoms. The van der Waals surface area contributed by atoms with Gasteiger partial charge in [-0.2, -0.15) is 0 Å². The minimum atomic E-state index is -1.27. The largest absolute Gasteiger partial charge is 0.545 e. The van der Waals surface area contributed by atoms with Crippen molar-refractivity contribution in [2.24, 2.45) is 7.05 Å². The number of carboxylic acids is 1. The van der Waals surface area contributed by atoms with Crippen molar-refractivity contribution in [1.82, 2.24) is 4.57 Å². The lowest BCUT2D eigenvalue weighted by atomic mass is 10.1. The van der Waals surface area contributed by atoms with E-state index in [0.717, 1.165) is 17.0 Å². The number of carbonyl (C=O) groups excluding carboxylic acids is 2. The number of carboxylic acid groups (broad SMARTS) is 1. The van der Waals surface area contributed by atoms with Gasteiger partial charge in [-0.1, -0.05) is 12.1 Å². The van der Waals surface area contributed by atoms with Crippen molar-refractivity contribution in [1.29, 1.82) is 0 Å². The Morgan fingerprint density at radius 1 is 1.14 bits per heavy atom. The van der Waals surface area contributed by atoms with Gasteiger partial charge in [0.2, 0.25) is 0 Å². The average Bonchev–Trinajstić information content (AvgIpc) is 2.68. The summed E-state index contributed by atoms with van der Waals surface area (Å²) in [6.45, 7) is 5.59. The first-order valence-corrected chi connectivity index (χ1v) is 6.57. The molecule has 110 valence electrons. The number of hydrogen-bond acceptors (Lipinski definition) is 3. The molecule has 1 N–H and O–H groups in total. The van der Waals surface area contributed by atoms with E-state index in [2.05, 4.69) is 5.32 Å². The molecule has 21 heavy (non-hydrogen) atoms. The Balaban J connectivity index is 2.33. The summed E-state index contributed by atoms with van der Waals surface area (Å²) in [5.41, 5.74) is 3.72. The number of anilines is 1. The molecule has 0 radical (unpaired) electrons. The fourth-order valence-corrected chi connectivity index (χ4v) is 2.16. The number of benzene rings is 1. The van der Waals surface area contributed by atoms with E-state index in [4.69, 9.17) is 0 Å². The molecule has 0 aliphatic rings. The third-order valence-corrected chi connectivity index (χ3v) is 3.74. The van der Waals surface area contributed by atoms with Gasteiger partial charge < -0.3 is 19.8 Å². The van der Waals surface area contributed by atoms with Crippen LogP contribution in [0.25, 0.3) is 0 Å².